The van der Waals surface area contributed by atoms with Gasteiger partial charge in [0.05, 0.1) is 0 Å². The first kappa shape index (κ1) is 14.2. The number of rotatable bonds is 4. The molecule has 1 saturated carbocycles. The van der Waals surface area contributed by atoms with E-state index in [1.165, 1.54) is 17.4 Å². The summed E-state index contributed by atoms with van der Waals surface area (Å²) >= 11 is 3.04. The molecule has 0 saturated heterocycles. The maximum absolute atomic E-state index is 12.1. The number of nitrogens with one attached hydrogen (secondary N) is 1. The molecule has 0 unspecified atom stereocenters. The van der Waals surface area contributed by atoms with Gasteiger partial charge in [-0.15, -0.1) is 11.3 Å². The molecule has 4 nitrogen and oxygen atoms in total. The zero-order valence-corrected chi connectivity index (χ0v) is 12.7. The van der Waals surface area contributed by atoms with E-state index in [-0.39, 0.29) is 6.04 Å². The van der Waals surface area contributed by atoms with Crippen LogP contribution in [0.4, 0.5) is 5.69 Å². The second-order valence-electron chi connectivity index (χ2n) is 4.53. The molecule has 1 fully saturated rings. The van der Waals surface area contributed by atoms with Crippen LogP contribution >= 0.6 is 23.1 Å². The molecule has 1 heterocycles. The zero-order valence-electron chi connectivity index (χ0n) is 10.3. The van der Waals surface area contributed by atoms with Gasteiger partial charge in [-0.05, 0) is 38.0 Å². The maximum atomic E-state index is 12.1. The van der Waals surface area contributed by atoms with Crippen LogP contribution in [0.1, 0.15) is 25.7 Å². The summed E-state index contributed by atoms with van der Waals surface area (Å²) in [7, 11) is -3.38. The Morgan fingerprint density at radius 2 is 2.06 bits per heavy atom. The van der Waals surface area contributed by atoms with Gasteiger partial charge in [-0.3, -0.25) is 0 Å². The highest BCUT2D eigenvalue weighted by Crippen LogP contribution is 2.28. The van der Waals surface area contributed by atoms with Crippen molar-refractivity contribution in [2.24, 2.45) is 0 Å². The van der Waals surface area contributed by atoms with Crippen LogP contribution in [-0.4, -0.2) is 26.0 Å². The van der Waals surface area contributed by atoms with Gasteiger partial charge in [0.15, 0.2) is 0 Å². The summed E-state index contributed by atoms with van der Waals surface area (Å²) in [5, 5.41) is 2.34. The molecule has 18 heavy (non-hydrogen) atoms. The fourth-order valence-corrected chi connectivity index (χ4v) is 5.31. The lowest BCUT2D eigenvalue weighted by Crippen LogP contribution is -2.37. The van der Waals surface area contributed by atoms with Crippen molar-refractivity contribution in [3.05, 3.63) is 11.4 Å². The van der Waals surface area contributed by atoms with Gasteiger partial charge < -0.3 is 5.73 Å². The monoisotopic (exact) mass is 306 g/mol. The fraction of sp³-hybridized carbons (Fsp3) is 0.636. The average molecular weight is 306 g/mol. The number of hydrogen-bond donors (Lipinski definition) is 2. The molecule has 7 heteroatoms. The van der Waals surface area contributed by atoms with E-state index < -0.39 is 10.0 Å². The molecule has 2 rings (SSSR count). The number of nitrogens with two attached hydrogens (primary N) is 1. The van der Waals surface area contributed by atoms with Crippen LogP contribution < -0.4 is 10.5 Å². The summed E-state index contributed by atoms with van der Waals surface area (Å²) < 4.78 is 27.3. The molecule has 0 aromatic carbocycles. The van der Waals surface area contributed by atoms with Crippen LogP contribution in [0.25, 0.3) is 0 Å². The average Bonchev–Trinajstić information content (AvgIpc) is 2.77. The number of thiophene rings is 1. The molecule has 1 aliphatic rings. The van der Waals surface area contributed by atoms with Crippen LogP contribution in [-0.2, 0) is 10.0 Å². The Morgan fingerprint density at radius 1 is 1.39 bits per heavy atom. The molecule has 1 aliphatic carbocycles. The molecule has 102 valence electrons. The van der Waals surface area contributed by atoms with E-state index in [4.69, 9.17) is 5.73 Å². The zero-order chi connectivity index (χ0) is 13.2. The Morgan fingerprint density at radius 3 is 2.56 bits per heavy atom. The molecule has 1 aromatic rings. The Labute approximate surface area is 116 Å². The maximum Gasteiger partial charge on any atom is 0.250 e. The molecule has 0 aliphatic heterocycles. The number of hydrogen-bond acceptors (Lipinski definition) is 5. The van der Waals surface area contributed by atoms with Crippen molar-refractivity contribution in [1.29, 1.82) is 0 Å². The van der Waals surface area contributed by atoms with Crippen molar-refractivity contribution in [1.82, 2.24) is 4.72 Å². The van der Waals surface area contributed by atoms with E-state index in [0.717, 1.165) is 25.7 Å². The topological polar surface area (TPSA) is 72.2 Å². The summed E-state index contributed by atoms with van der Waals surface area (Å²) in [4.78, 5) is 0. The summed E-state index contributed by atoms with van der Waals surface area (Å²) in [6.45, 7) is 0. The summed E-state index contributed by atoms with van der Waals surface area (Å²) in [5.41, 5.74) is 6.07. The third-order valence-electron chi connectivity index (χ3n) is 3.19. The lowest BCUT2D eigenvalue weighted by molar-refractivity contribution is 0.420. The number of sulfonamides is 1. The molecule has 3 N–H and O–H groups in total. The van der Waals surface area contributed by atoms with Crippen LogP contribution in [0.2, 0.25) is 0 Å². The molecule has 0 atom stereocenters. The minimum Gasteiger partial charge on any atom is -0.398 e. The molecule has 0 bridgehead atoms. The molecule has 0 amide bonds. The second-order valence-corrected chi connectivity index (χ2v) is 8.52. The van der Waals surface area contributed by atoms with Gasteiger partial charge in [0.25, 0.3) is 0 Å². The second kappa shape index (κ2) is 5.81. The van der Waals surface area contributed by atoms with Crippen molar-refractivity contribution >= 4 is 38.8 Å². The standard InChI is InChI=1S/C11H18N2O2S3/c1-16-10-4-2-9(3-5-10)13-18(14,15)11-6-8(12)7-17-11/h6-7,9-10,13H,2-5,12H2,1H3. The van der Waals surface area contributed by atoms with Crippen molar-refractivity contribution < 1.29 is 8.42 Å². The predicted molar refractivity (Wildman–Crippen MR) is 78.6 cm³/mol. The Balaban J connectivity index is 1.97. The minimum absolute atomic E-state index is 0.0710. The van der Waals surface area contributed by atoms with Gasteiger partial charge >= 0.3 is 0 Å². The Bertz CT molecular complexity index is 490. The first-order chi connectivity index (χ1) is 8.51. The summed E-state index contributed by atoms with van der Waals surface area (Å²) in [5.74, 6) is 0. The number of thioether (sulfide) groups is 1. The van der Waals surface area contributed by atoms with E-state index >= 15 is 0 Å². The quantitative estimate of drug-likeness (QED) is 0.895. The third-order valence-corrected chi connectivity index (χ3v) is 7.31. The van der Waals surface area contributed by atoms with Crippen LogP contribution in [0, 0.1) is 0 Å². The summed E-state index contributed by atoms with van der Waals surface area (Å²) in [6.07, 6.45) is 6.13. The first-order valence-electron chi connectivity index (χ1n) is 5.90. The largest absolute Gasteiger partial charge is 0.398 e. The van der Waals surface area contributed by atoms with Gasteiger partial charge in [0.2, 0.25) is 10.0 Å². The van der Waals surface area contributed by atoms with Gasteiger partial charge in [0.1, 0.15) is 4.21 Å². The Hall–Kier alpha value is -0.240. The predicted octanol–water partition coefficient (Wildman–Crippen LogP) is 2.28. The summed E-state index contributed by atoms with van der Waals surface area (Å²) in [6, 6.07) is 1.59. The highest BCUT2D eigenvalue weighted by atomic mass is 32.2. The highest BCUT2D eigenvalue weighted by molar-refractivity contribution is 7.99. The Kier molecular flexibility index (Phi) is 4.58. The van der Waals surface area contributed by atoms with E-state index in [0.29, 0.717) is 15.1 Å². The van der Waals surface area contributed by atoms with E-state index in [9.17, 15) is 8.42 Å². The van der Waals surface area contributed by atoms with E-state index in [1.807, 2.05) is 11.8 Å². The number of anilines is 1. The fourth-order valence-electron chi connectivity index (χ4n) is 2.17. The molecule has 0 spiro atoms. The highest BCUT2D eigenvalue weighted by Gasteiger charge is 2.26. The normalized spacial score (nSPS) is 25.2. The van der Waals surface area contributed by atoms with E-state index in [1.54, 1.807) is 5.38 Å². The van der Waals surface area contributed by atoms with E-state index in [2.05, 4.69) is 11.0 Å². The SMILES string of the molecule is CSC1CCC(NS(=O)(=O)c2cc(N)cs2)CC1. The van der Waals surface area contributed by atoms with Crippen LogP contribution in [0.3, 0.4) is 0 Å². The lowest BCUT2D eigenvalue weighted by Gasteiger charge is -2.27. The molecule has 0 radical (unpaired) electrons. The van der Waals surface area contributed by atoms with Gasteiger partial charge in [-0.25, -0.2) is 13.1 Å². The van der Waals surface area contributed by atoms with Crippen molar-refractivity contribution in [2.45, 2.75) is 41.2 Å². The molecular formula is C11H18N2O2S3. The first-order valence-corrected chi connectivity index (χ1v) is 9.55. The number of nitrogen functional groups attached to an aromatic ring is 1. The molecule has 1 aromatic heterocycles. The van der Waals surface area contributed by atoms with Crippen LogP contribution in [0.5, 0.6) is 0 Å². The van der Waals surface area contributed by atoms with Crippen molar-refractivity contribution in [2.75, 3.05) is 12.0 Å². The van der Waals surface area contributed by atoms with Crippen LogP contribution in [0.15, 0.2) is 15.7 Å². The van der Waals surface area contributed by atoms with Gasteiger partial charge in [-0.1, -0.05) is 0 Å². The molecular weight excluding hydrogens is 288 g/mol. The van der Waals surface area contributed by atoms with Gasteiger partial charge in [-0.2, -0.15) is 11.8 Å². The smallest absolute Gasteiger partial charge is 0.250 e. The lowest BCUT2D eigenvalue weighted by atomic mass is 9.96. The van der Waals surface area contributed by atoms with Crippen molar-refractivity contribution in [3.8, 4) is 0 Å². The third kappa shape index (κ3) is 3.40. The minimum atomic E-state index is -3.38. The van der Waals surface area contributed by atoms with Gasteiger partial charge in [0, 0.05) is 22.4 Å². The van der Waals surface area contributed by atoms with Crippen molar-refractivity contribution in [3.63, 3.8) is 0 Å².